The van der Waals surface area contributed by atoms with E-state index in [0.29, 0.717) is 46.8 Å². The van der Waals surface area contributed by atoms with E-state index >= 15 is 0 Å². The summed E-state index contributed by atoms with van der Waals surface area (Å²) in [7, 11) is -3.51. The molecule has 0 aliphatic heterocycles. The average molecular weight is 450 g/mol. The standard InChI is InChI=1S/C18H19N5O3S3/c1-3-23(4-2)29(24,25)12-7-8-13-14(10-12)20-16(19-13)11-28-18-22-21-17(26-18)15-6-5-9-27-15/h5-10H,3-4,11H2,1-2H3,(H,19,20). The van der Waals surface area contributed by atoms with Crippen molar-refractivity contribution in [3.05, 3.63) is 41.5 Å². The first-order valence-corrected chi connectivity index (χ1v) is 12.3. The Morgan fingerprint density at radius 1 is 1.21 bits per heavy atom. The summed E-state index contributed by atoms with van der Waals surface area (Å²) < 4.78 is 32.5. The predicted molar refractivity (Wildman–Crippen MR) is 113 cm³/mol. The van der Waals surface area contributed by atoms with Crippen molar-refractivity contribution >= 4 is 44.2 Å². The smallest absolute Gasteiger partial charge is 0.277 e. The molecule has 1 aromatic carbocycles. The highest BCUT2D eigenvalue weighted by Crippen LogP contribution is 2.28. The minimum Gasteiger partial charge on any atom is -0.410 e. The molecule has 0 radical (unpaired) electrons. The third-order valence-electron chi connectivity index (χ3n) is 4.32. The van der Waals surface area contributed by atoms with Gasteiger partial charge in [-0.1, -0.05) is 31.7 Å². The molecule has 0 saturated carbocycles. The molecule has 152 valence electrons. The van der Waals surface area contributed by atoms with Gasteiger partial charge >= 0.3 is 0 Å². The van der Waals surface area contributed by atoms with E-state index in [4.69, 9.17) is 4.42 Å². The molecule has 11 heteroatoms. The van der Waals surface area contributed by atoms with Gasteiger partial charge in [0.1, 0.15) is 5.82 Å². The van der Waals surface area contributed by atoms with Crippen LogP contribution in [0.15, 0.2) is 50.2 Å². The van der Waals surface area contributed by atoms with E-state index in [0.717, 1.165) is 4.88 Å². The number of rotatable bonds is 8. The van der Waals surface area contributed by atoms with E-state index in [1.807, 2.05) is 31.4 Å². The Kier molecular flexibility index (Phi) is 5.72. The Morgan fingerprint density at radius 2 is 2.03 bits per heavy atom. The van der Waals surface area contributed by atoms with Gasteiger partial charge in [-0.15, -0.1) is 21.5 Å². The van der Waals surface area contributed by atoms with Gasteiger partial charge in [0, 0.05) is 13.1 Å². The largest absolute Gasteiger partial charge is 0.410 e. The minimum atomic E-state index is -3.51. The number of sulfonamides is 1. The second-order valence-electron chi connectivity index (χ2n) is 6.09. The van der Waals surface area contributed by atoms with Gasteiger partial charge in [-0.25, -0.2) is 13.4 Å². The number of benzene rings is 1. The molecular formula is C18H19N5O3S3. The number of hydrogen-bond acceptors (Lipinski definition) is 8. The van der Waals surface area contributed by atoms with Gasteiger partial charge in [-0.3, -0.25) is 0 Å². The number of hydrogen-bond donors (Lipinski definition) is 1. The zero-order chi connectivity index (χ0) is 20.4. The van der Waals surface area contributed by atoms with Crippen LogP contribution in [-0.2, 0) is 15.8 Å². The van der Waals surface area contributed by atoms with Crippen molar-refractivity contribution in [1.82, 2.24) is 24.5 Å². The van der Waals surface area contributed by atoms with E-state index in [2.05, 4.69) is 20.2 Å². The summed E-state index contributed by atoms with van der Waals surface area (Å²) in [6.07, 6.45) is 0. The number of aromatic nitrogens is 4. The van der Waals surface area contributed by atoms with Crippen molar-refractivity contribution in [3.8, 4) is 10.8 Å². The molecule has 0 aliphatic rings. The number of thioether (sulfide) groups is 1. The number of nitrogens with zero attached hydrogens (tertiary/aromatic N) is 4. The fourth-order valence-electron chi connectivity index (χ4n) is 2.88. The number of nitrogens with one attached hydrogen (secondary N) is 1. The first kappa shape index (κ1) is 20.1. The summed E-state index contributed by atoms with van der Waals surface area (Å²) in [5.74, 6) is 1.70. The molecule has 4 aromatic rings. The highest BCUT2D eigenvalue weighted by atomic mass is 32.2. The molecule has 3 heterocycles. The third kappa shape index (κ3) is 4.08. The quantitative estimate of drug-likeness (QED) is 0.405. The summed E-state index contributed by atoms with van der Waals surface area (Å²) in [6, 6.07) is 8.80. The molecular weight excluding hydrogens is 430 g/mol. The lowest BCUT2D eigenvalue weighted by Crippen LogP contribution is -2.30. The summed E-state index contributed by atoms with van der Waals surface area (Å²) in [5, 5.41) is 10.5. The number of imidazole rings is 1. The van der Waals surface area contributed by atoms with Crippen LogP contribution in [0.25, 0.3) is 21.8 Å². The third-order valence-corrected chi connectivity index (χ3v) is 8.05. The van der Waals surface area contributed by atoms with Crippen molar-refractivity contribution in [2.45, 2.75) is 29.7 Å². The van der Waals surface area contributed by atoms with Gasteiger partial charge in [-0.2, -0.15) is 4.31 Å². The van der Waals surface area contributed by atoms with E-state index in [1.54, 1.807) is 18.2 Å². The molecule has 0 bridgehead atoms. The van der Waals surface area contributed by atoms with Crippen LogP contribution in [0, 0.1) is 0 Å². The fourth-order valence-corrected chi connectivity index (χ4v) is 5.64. The van der Waals surface area contributed by atoms with E-state index in [-0.39, 0.29) is 4.90 Å². The van der Waals surface area contributed by atoms with Crippen molar-refractivity contribution in [2.75, 3.05) is 13.1 Å². The Hall–Kier alpha value is -2.21. The van der Waals surface area contributed by atoms with E-state index in [1.165, 1.54) is 27.4 Å². The van der Waals surface area contributed by atoms with E-state index < -0.39 is 10.0 Å². The van der Waals surface area contributed by atoms with Gasteiger partial charge in [-0.05, 0) is 29.6 Å². The van der Waals surface area contributed by atoms with E-state index in [9.17, 15) is 8.42 Å². The van der Waals surface area contributed by atoms with Gasteiger partial charge in [0.15, 0.2) is 0 Å². The number of fused-ring (bicyclic) bond motifs is 1. The van der Waals surface area contributed by atoms with Crippen LogP contribution >= 0.6 is 23.1 Å². The summed E-state index contributed by atoms with van der Waals surface area (Å²) in [5.41, 5.74) is 1.39. The molecule has 8 nitrogen and oxygen atoms in total. The lowest BCUT2D eigenvalue weighted by molar-refractivity contribution is 0.445. The van der Waals surface area contributed by atoms with Crippen LogP contribution in [0.1, 0.15) is 19.7 Å². The summed E-state index contributed by atoms with van der Waals surface area (Å²) in [4.78, 5) is 8.89. The van der Waals surface area contributed by atoms with Crippen molar-refractivity contribution in [1.29, 1.82) is 0 Å². The Bertz CT molecular complexity index is 1210. The molecule has 0 atom stereocenters. The highest BCUT2D eigenvalue weighted by molar-refractivity contribution is 7.98. The SMILES string of the molecule is CCN(CC)S(=O)(=O)c1ccc2nc(CSc3nnc(-c4cccs4)o3)[nH]c2c1. The molecule has 0 aliphatic carbocycles. The Balaban J connectivity index is 1.51. The van der Waals surface area contributed by atoms with Crippen LogP contribution in [0.5, 0.6) is 0 Å². The number of H-pyrrole nitrogens is 1. The maximum absolute atomic E-state index is 12.7. The van der Waals surface area contributed by atoms with Crippen molar-refractivity contribution < 1.29 is 12.8 Å². The zero-order valence-corrected chi connectivity index (χ0v) is 18.3. The van der Waals surface area contributed by atoms with Crippen LogP contribution in [-0.4, -0.2) is 46.0 Å². The van der Waals surface area contributed by atoms with Crippen molar-refractivity contribution in [3.63, 3.8) is 0 Å². The minimum absolute atomic E-state index is 0.258. The lowest BCUT2D eigenvalue weighted by Gasteiger charge is -2.18. The second-order valence-corrected chi connectivity index (χ2v) is 9.90. The molecule has 0 spiro atoms. The van der Waals surface area contributed by atoms with Crippen LogP contribution in [0.2, 0.25) is 0 Å². The summed E-state index contributed by atoms with van der Waals surface area (Å²) in [6.45, 7) is 4.51. The molecule has 0 amide bonds. The van der Waals surface area contributed by atoms with Crippen LogP contribution in [0.4, 0.5) is 0 Å². The monoisotopic (exact) mass is 449 g/mol. The Morgan fingerprint density at radius 3 is 2.76 bits per heavy atom. The molecule has 0 saturated heterocycles. The predicted octanol–water partition coefficient (Wildman–Crippen LogP) is 4.00. The fraction of sp³-hybridized carbons (Fsp3) is 0.278. The first-order valence-electron chi connectivity index (χ1n) is 9.00. The Labute approximate surface area is 176 Å². The van der Waals surface area contributed by atoms with Gasteiger partial charge in [0.05, 0.1) is 26.6 Å². The van der Waals surface area contributed by atoms with Crippen molar-refractivity contribution in [2.24, 2.45) is 0 Å². The molecule has 4 rings (SSSR count). The highest BCUT2D eigenvalue weighted by Gasteiger charge is 2.22. The zero-order valence-electron chi connectivity index (χ0n) is 15.8. The van der Waals surface area contributed by atoms with Crippen LogP contribution in [0.3, 0.4) is 0 Å². The van der Waals surface area contributed by atoms with Gasteiger partial charge < -0.3 is 9.40 Å². The van der Waals surface area contributed by atoms with Crippen LogP contribution < -0.4 is 0 Å². The molecule has 3 aromatic heterocycles. The molecule has 29 heavy (non-hydrogen) atoms. The summed E-state index contributed by atoms with van der Waals surface area (Å²) >= 11 is 2.91. The lowest BCUT2D eigenvalue weighted by atomic mass is 10.3. The molecule has 0 fully saturated rings. The normalized spacial score (nSPS) is 12.2. The van der Waals surface area contributed by atoms with Gasteiger partial charge in [0.25, 0.3) is 11.1 Å². The average Bonchev–Trinajstić information content (AvgIpc) is 3.46. The maximum atomic E-state index is 12.7. The molecule has 0 unspecified atom stereocenters. The maximum Gasteiger partial charge on any atom is 0.277 e. The first-order chi connectivity index (χ1) is 14.0. The molecule has 1 N–H and O–H groups in total. The second kappa shape index (κ2) is 8.27. The topological polar surface area (TPSA) is 105 Å². The van der Waals surface area contributed by atoms with Gasteiger partial charge in [0.2, 0.25) is 10.0 Å². The number of aromatic amines is 1. The number of thiophene rings is 1.